The van der Waals surface area contributed by atoms with Crippen molar-refractivity contribution in [2.24, 2.45) is 5.92 Å². The van der Waals surface area contributed by atoms with Gasteiger partial charge in [0.15, 0.2) is 6.10 Å². The van der Waals surface area contributed by atoms with E-state index in [-0.39, 0.29) is 11.7 Å². The van der Waals surface area contributed by atoms with Crippen LogP contribution in [-0.2, 0) is 20.6 Å². The Morgan fingerprint density at radius 2 is 1.92 bits per heavy atom. The maximum absolute atomic E-state index is 12.9. The van der Waals surface area contributed by atoms with E-state index in [0.29, 0.717) is 6.54 Å². The summed E-state index contributed by atoms with van der Waals surface area (Å²) in [6.07, 6.45) is -2.82. The third kappa shape index (κ3) is 2.24. The molecule has 1 aromatic carbocycles. The van der Waals surface area contributed by atoms with Crippen molar-refractivity contribution in [3.05, 3.63) is 29.8 Å². The van der Waals surface area contributed by atoms with Crippen LogP contribution in [0.3, 0.4) is 0 Å². The number of fused-ring (bicyclic) bond motifs is 3. The fraction of sp³-hybridized carbons (Fsp3) is 0.500. The standard InChI is InChI=1S/C16H15F3N2O3/c17-16(18,19)9-4-3-5-10(8-9)21-14(22)12-11-6-1-2-7-20(11)24-13(12)15(21)23/h3-5,8,11-13H,1-2,6-7H2/t11-,12-,13+/m1/s1. The number of hydrogen-bond donors (Lipinski definition) is 0. The van der Waals surface area contributed by atoms with Gasteiger partial charge in [-0.1, -0.05) is 12.5 Å². The molecule has 3 heterocycles. The highest BCUT2D eigenvalue weighted by Gasteiger charge is 2.59. The smallest absolute Gasteiger partial charge is 0.284 e. The molecule has 4 rings (SSSR count). The van der Waals surface area contributed by atoms with Crippen LogP contribution >= 0.6 is 0 Å². The summed E-state index contributed by atoms with van der Waals surface area (Å²) in [6.45, 7) is 0.668. The van der Waals surface area contributed by atoms with E-state index in [4.69, 9.17) is 4.84 Å². The molecule has 3 fully saturated rings. The maximum atomic E-state index is 12.9. The zero-order valence-corrected chi connectivity index (χ0v) is 12.6. The first-order valence-electron chi connectivity index (χ1n) is 7.86. The Kier molecular flexibility index (Phi) is 3.43. The molecule has 3 aliphatic rings. The van der Waals surface area contributed by atoms with Gasteiger partial charge in [-0.25, -0.2) is 4.90 Å². The van der Waals surface area contributed by atoms with E-state index in [2.05, 4.69) is 0 Å². The number of amides is 2. The molecule has 0 unspecified atom stereocenters. The van der Waals surface area contributed by atoms with Gasteiger partial charge in [0.2, 0.25) is 5.91 Å². The van der Waals surface area contributed by atoms with Crippen molar-refractivity contribution in [1.29, 1.82) is 0 Å². The van der Waals surface area contributed by atoms with Gasteiger partial charge < -0.3 is 0 Å². The van der Waals surface area contributed by atoms with Gasteiger partial charge in [-0.05, 0) is 31.0 Å². The van der Waals surface area contributed by atoms with Crippen molar-refractivity contribution in [3.8, 4) is 0 Å². The quantitative estimate of drug-likeness (QED) is 0.737. The SMILES string of the molecule is O=C1[C@H]2[C@H](ON3CCCC[C@H]23)C(=O)N1c1cccc(C(F)(F)F)c1. The first kappa shape index (κ1) is 15.6. The third-order valence-corrected chi connectivity index (χ3v) is 4.89. The van der Waals surface area contributed by atoms with E-state index >= 15 is 0 Å². The first-order chi connectivity index (χ1) is 11.4. The molecule has 2 amide bonds. The van der Waals surface area contributed by atoms with E-state index in [1.165, 1.54) is 12.1 Å². The largest absolute Gasteiger partial charge is 0.416 e. The predicted molar refractivity (Wildman–Crippen MR) is 76.6 cm³/mol. The Labute approximate surface area is 135 Å². The van der Waals surface area contributed by atoms with Gasteiger partial charge in [0.1, 0.15) is 0 Å². The lowest BCUT2D eigenvalue weighted by Gasteiger charge is -2.30. The number of rotatable bonds is 1. The zero-order valence-electron chi connectivity index (χ0n) is 12.6. The lowest BCUT2D eigenvalue weighted by molar-refractivity contribution is -0.177. The molecule has 0 spiro atoms. The second-order valence-corrected chi connectivity index (χ2v) is 6.32. The minimum absolute atomic E-state index is 0.0554. The average molecular weight is 340 g/mol. The Balaban J connectivity index is 1.67. The van der Waals surface area contributed by atoms with Gasteiger partial charge in [0.25, 0.3) is 5.91 Å². The molecule has 24 heavy (non-hydrogen) atoms. The van der Waals surface area contributed by atoms with E-state index < -0.39 is 35.6 Å². The van der Waals surface area contributed by atoms with Crippen molar-refractivity contribution in [2.75, 3.05) is 11.4 Å². The minimum Gasteiger partial charge on any atom is -0.284 e. The second-order valence-electron chi connectivity index (χ2n) is 6.32. The van der Waals surface area contributed by atoms with Gasteiger partial charge in [-0.2, -0.15) is 18.2 Å². The van der Waals surface area contributed by atoms with Gasteiger partial charge in [-0.15, -0.1) is 0 Å². The van der Waals surface area contributed by atoms with E-state index in [1.54, 1.807) is 5.06 Å². The highest BCUT2D eigenvalue weighted by Crippen LogP contribution is 2.42. The Bertz CT molecular complexity index is 706. The number of piperidine rings is 1. The van der Waals surface area contributed by atoms with Crippen LogP contribution in [0.25, 0.3) is 0 Å². The molecule has 0 aliphatic carbocycles. The molecule has 3 atom stereocenters. The van der Waals surface area contributed by atoms with Crippen LogP contribution in [0.4, 0.5) is 18.9 Å². The van der Waals surface area contributed by atoms with Crippen molar-refractivity contribution in [3.63, 3.8) is 0 Å². The molecule has 0 aromatic heterocycles. The molecule has 0 bridgehead atoms. The number of halogens is 3. The molecule has 5 nitrogen and oxygen atoms in total. The molecular formula is C16H15F3N2O3. The minimum atomic E-state index is -4.53. The summed E-state index contributed by atoms with van der Waals surface area (Å²) >= 11 is 0. The van der Waals surface area contributed by atoms with Crippen LogP contribution in [0, 0.1) is 5.92 Å². The summed E-state index contributed by atoms with van der Waals surface area (Å²) in [5.41, 5.74) is -0.946. The summed E-state index contributed by atoms with van der Waals surface area (Å²) < 4.78 is 38.6. The van der Waals surface area contributed by atoms with Gasteiger partial charge in [0, 0.05) is 6.54 Å². The molecule has 0 saturated carbocycles. The molecule has 3 aliphatic heterocycles. The fourth-order valence-electron chi connectivity index (χ4n) is 3.79. The summed E-state index contributed by atoms with van der Waals surface area (Å²) in [7, 11) is 0. The Morgan fingerprint density at radius 3 is 2.67 bits per heavy atom. The van der Waals surface area contributed by atoms with Crippen LogP contribution < -0.4 is 4.90 Å². The van der Waals surface area contributed by atoms with Gasteiger partial charge in [-0.3, -0.25) is 14.4 Å². The summed E-state index contributed by atoms with van der Waals surface area (Å²) in [4.78, 5) is 31.8. The van der Waals surface area contributed by atoms with Crippen molar-refractivity contribution in [2.45, 2.75) is 37.6 Å². The second kappa shape index (κ2) is 5.29. The van der Waals surface area contributed by atoms with E-state index in [1.807, 2.05) is 0 Å². The highest BCUT2D eigenvalue weighted by molar-refractivity contribution is 6.23. The van der Waals surface area contributed by atoms with Crippen molar-refractivity contribution >= 4 is 17.5 Å². The van der Waals surface area contributed by atoms with Crippen LogP contribution in [0.1, 0.15) is 24.8 Å². The van der Waals surface area contributed by atoms with Crippen LogP contribution in [0.15, 0.2) is 24.3 Å². The lowest BCUT2D eigenvalue weighted by atomic mass is 9.90. The fourth-order valence-corrected chi connectivity index (χ4v) is 3.79. The van der Waals surface area contributed by atoms with Crippen LogP contribution in [-0.4, -0.2) is 35.6 Å². The van der Waals surface area contributed by atoms with E-state index in [0.717, 1.165) is 36.3 Å². The van der Waals surface area contributed by atoms with Crippen LogP contribution in [0.5, 0.6) is 0 Å². The number of benzene rings is 1. The Hall–Kier alpha value is -1.93. The number of anilines is 1. The van der Waals surface area contributed by atoms with Crippen molar-refractivity contribution in [1.82, 2.24) is 5.06 Å². The first-order valence-corrected chi connectivity index (χ1v) is 7.86. The normalized spacial score (nSPS) is 30.6. The lowest BCUT2D eigenvalue weighted by Crippen LogP contribution is -2.42. The van der Waals surface area contributed by atoms with E-state index in [9.17, 15) is 22.8 Å². The molecule has 8 heteroatoms. The number of carbonyl (C=O) groups excluding carboxylic acids is 2. The molecule has 0 N–H and O–H groups in total. The van der Waals surface area contributed by atoms with Gasteiger partial charge in [0.05, 0.1) is 23.2 Å². The Morgan fingerprint density at radius 1 is 1.12 bits per heavy atom. The summed E-state index contributed by atoms with van der Waals surface area (Å²) in [6, 6.07) is 4.10. The van der Waals surface area contributed by atoms with Crippen LogP contribution in [0.2, 0.25) is 0 Å². The zero-order chi connectivity index (χ0) is 17.1. The summed E-state index contributed by atoms with van der Waals surface area (Å²) in [5, 5.41) is 1.69. The molecule has 128 valence electrons. The number of hydroxylamine groups is 2. The number of carbonyl (C=O) groups is 2. The van der Waals surface area contributed by atoms with Crippen molar-refractivity contribution < 1.29 is 27.6 Å². The number of hydrogen-bond acceptors (Lipinski definition) is 4. The molecular weight excluding hydrogens is 325 g/mol. The monoisotopic (exact) mass is 340 g/mol. The molecule has 0 radical (unpaired) electrons. The summed E-state index contributed by atoms with van der Waals surface area (Å²) in [5.74, 6) is -1.69. The molecule has 1 aromatic rings. The molecule has 3 saturated heterocycles. The third-order valence-electron chi connectivity index (χ3n) is 4.89. The average Bonchev–Trinajstić information content (AvgIpc) is 3.03. The highest BCUT2D eigenvalue weighted by atomic mass is 19.4. The predicted octanol–water partition coefficient (Wildman–Crippen LogP) is 2.36. The van der Waals surface area contributed by atoms with Gasteiger partial charge >= 0.3 is 6.18 Å². The number of alkyl halides is 3. The number of nitrogens with zero attached hydrogens (tertiary/aromatic N) is 2. The maximum Gasteiger partial charge on any atom is 0.416 e. The number of imide groups is 1. The topological polar surface area (TPSA) is 49.9 Å².